The average Bonchev–Trinajstić information content (AvgIpc) is 3.24. The van der Waals surface area contributed by atoms with Crippen molar-refractivity contribution < 1.29 is 13.2 Å². The fourth-order valence-corrected chi connectivity index (χ4v) is 4.84. The lowest BCUT2D eigenvalue weighted by atomic mass is 10.2. The van der Waals surface area contributed by atoms with Crippen LogP contribution >= 0.6 is 11.6 Å². The van der Waals surface area contributed by atoms with Crippen LogP contribution in [0, 0.1) is 0 Å². The topological polar surface area (TPSA) is 78.5 Å². The molecule has 2 aromatic rings. The lowest BCUT2D eigenvalue weighted by Gasteiger charge is -2.16. The van der Waals surface area contributed by atoms with E-state index >= 15 is 0 Å². The minimum Gasteiger partial charge on any atom is -0.385 e. The largest absolute Gasteiger partial charge is 0.385 e. The van der Waals surface area contributed by atoms with Gasteiger partial charge in [0.15, 0.2) is 0 Å². The lowest BCUT2D eigenvalue weighted by molar-refractivity contribution is 0.0953. The van der Waals surface area contributed by atoms with Gasteiger partial charge in [0.25, 0.3) is 5.91 Å². The lowest BCUT2D eigenvalue weighted by Crippen LogP contribution is -2.29. The Morgan fingerprint density at radius 3 is 2.46 bits per heavy atom. The zero-order valence-electron chi connectivity index (χ0n) is 15.5. The van der Waals surface area contributed by atoms with Gasteiger partial charge in [-0.15, -0.1) is 0 Å². The quantitative estimate of drug-likeness (QED) is 0.640. The van der Waals surface area contributed by atoms with Gasteiger partial charge in [-0.2, -0.15) is 4.31 Å². The molecule has 0 aromatic heterocycles. The summed E-state index contributed by atoms with van der Waals surface area (Å²) in [6.45, 7) is 2.20. The highest BCUT2D eigenvalue weighted by atomic mass is 35.5. The zero-order chi connectivity index (χ0) is 20.0. The van der Waals surface area contributed by atoms with E-state index in [2.05, 4.69) is 10.6 Å². The second kappa shape index (κ2) is 9.41. The van der Waals surface area contributed by atoms with E-state index in [1.165, 1.54) is 22.5 Å². The van der Waals surface area contributed by atoms with Crippen LogP contribution in [0.5, 0.6) is 0 Å². The van der Waals surface area contributed by atoms with Crippen molar-refractivity contribution >= 4 is 33.2 Å². The molecule has 0 unspecified atom stereocenters. The molecular formula is C20H24ClN3O3S. The van der Waals surface area contributed by atoms with Crippen LogP contribution in [-0.4, -0.2) is 44.8 Å². The number of carbonyl (C=O) groups is 1. The highest BCUT2D eigenvalue weighted by Crippen LogP contribution is 2.25. The third-order valence-corrected chi connectivity index (χ3v) is 6.85. The first-order chi connectivity index (χ1) is 13.5. The Balaban J connectivity index is 1.57. The fourth-order valence-electron chi connectivity index (χ4n) is 3.09. The molecule has 1 fully saturated rings. The molecule has 2 N–H and O–H groups in total. The maximum absolute atomic E-state index is 12.7. The molecule has 2 aromatic carbocycles. The molecule has 1 aliphatic heterocycles. The van der Waals surface area contributed by atoms with E-state index in [1.807, 2.05) is 30.3 Å². The first kappa shape index (κ1) is 20.6. The molecule has 1 heterocycles. The van der Waals surface area contributed by atoms with Gasteiger partial charge < -0.3 is 10.6 Å². The van der Waals surface area contributed by atoms with Crippen LogP contribution in [0.25, 0.3) is 0 Å². The number of hydrogen-bond acceptors (Lipinski definition) is 4. The molecule has 0 radical (unpaired) electrons. The van der Waals surface area contributed by atoms with Gasteiger partial charge in [0, 0.05) is 31.9 Å². The monoisotopic (exact) mass is 421 g/mol. The minimum absolute atomic E-state index is 0.106. The van der Waals surface area contributed by atoms with Crippen molar-refractivity contribution in [1.29, 1.82) is 0 Å². The number of benzene rings is 2. The molecule has 0 atom stereocenters. The molecular weight excluding hydrogens is 398 g/mol. The Labute approximate surface area is 170 Å². The summed E-state index contributed by atoms with van der Waals surface area (Å²) >= 11 is 6.14. The second-order valence-corrected chi connectivity index (χ2v) is 9.00. The van der Waals surface area contributed by atoms with Crippen LogP contribution < -0.4 is 10.6 Å². The van der Waals surface area contributed by atoms with Crippen molar-refractivity contribution in [3.63, 3.8) is 0 Å². The predicted molar refractivity (Wildman–Crippen MR) is 111 cm³/mol. The van der Waals surface area contributed by atoms with Crippen LogP contribution in [0.2, 0.25) is 5.02 Å². The maximum atomic E-state index is 12.7. The van der Waals surface area contributed by atoms with Crippen molar-refractivity contribution in [1.82, 2.24) is 9.62 Å². The van der Waals surface area contributed by atoms with Gasteiger partial charge in [-0.25, -0.2) is 8.42 Å². The molecule has 0 bridgehead atoms. The Morgan fingerprint density at radius 1 is 1.04 bits per heavy atom. The van der Waals surface area contributed by atoms with Crippen LogP contribution in [0.15, 0.2) is 53.4 Å². The predicted octanol–water partition coefficient (Wildman–Crippen LogP) is 3.36. The van der Waals surface area contributed by atoms with Crippen LogP contribution in [-0.2, 0) is 10.0 Å². The molecule has 1 saturated heterocycles. The first-order valence-electron chi connectivity index (χ1n) is 9.35. The van der Waals surface area contributed by atoms with Gasteiger partial charge in [-0.3, -0.25) is 4.79 Å². The highest BCUT2D eigenvalue weighted by Gasteiger charge is 2.28. The summed E-state index contributed by atoms with van der Waals surface area (Å²) in [6, 6.07) is 14.1. The van der Waals surface area contributed by atoms with Crippen LogP contribution in [0.1, 0.15) is 29.6 Å². The molecule has 28 heavy (non-hydrogen) atoms. The standard InChI is InChI=1S/C20H24ClN3O3S/c21-19-10-9-17(28(26,27)24-13-4-5-14-24)15-18(19)20(25)23-12-6-11-22-16-7-2-1-3-8-16/h1-3,7-10,15,22H,4-6,11-14H2,(H,23,25). The van der Waals surface area contributed by atoms with Crippen LogP contribution in [0.3, 0.4) is 0 Å². The number of halogens is 1. The number of para-hydroxylation sites is 1. The first-order valence-corrected chi connectivity index (χ1v) is 11.2. The number of anilines is 1. The Hall–Kier alpha value is -2.09. The van der Waals surface area contributed by atoms with Crippen molar-refractivity contribution in [2.45, 2.75) is 24.2 Å². The van der Waals surface area contributed by atoms with E-state index in [4.69, 9.17) is 11.6 Å². The molecule has 0 spiro atoms. The number of hydrogen-bond donors (Lipinski definition) is 2. The van der Waals surface area contributed by atoms with E-state index in [0.29, 0.717) is 26.2 Å². The Bertz CT molecular complexity index is 914. The van der Waals surface area contributed by atoms with Crippen molar-refractivity contribution in [2.24, 2.45) is 0 Å². The molecule has 3 rings (SSSR count). The van der Waals surface area contributed by atoms with Gasteiger partial charge in [0.2, 0.25) is 10.0 Å². The summed E-state index contributed by atoms with van der Waals surface area (Å²) < 4.78 is 26.8. The Kier molecular flexibility index (Phi) is 6.93. The summed E-state index contributed by atoms with van der Waals surface area (Å²) in [7, 11) is -3.59. The fraction of sp³-hybridized carbons (Fsp3) is 0.350. The van der Waals surface area contributed by atoms with Crippen LogP contribution in [0.4, 0.5) is 5.69 Å². The normalized spacial score (nSPS) is 14.8. The number of carbonyl (C=O) groups excluding carboxylic acids is 1. The number of sulfonamides is 1. The van der Waals surface area contributed by atoms with E-state index in [-0.39, 0.29) is 21.4 Å². The Morgan fingerprint density at radius 2 is 1.75 bits per heavy atom. The summed E-state index contributed by atoms with van der Waals surface area (Å²) in [6.07, 6.45) is 2.44. The van der Waals surface area contributed by atoms with E-state index in [0.717, 1.165) is 24.9 Å². The number of rotatable bonds is 8. The van der Waals surface area contributed by atoms with Crippen molar-refractivity contribution in [2.75, 3.05) is 31.5 Å². The average molecular weight is 422 g/mol. The van der Waals surface area contributed by atoms with Gasteiger partial charge in [0.1, 0.15) is 0 Å². The summed E-state index contributed by atoms with van der Waals surface area (Å²) in [5.74, 6) is -0.372. The molecule has 1 amide bonds. The molecule has 0 saturated carbocycles. The van der Waals surface area contributed by atoms with E-state index in [9.17, 15) is 13.2 Å². The van der Waals surface area contributed by atoms with Crippen molar-refractivity contribution in [3.05, 3.63) is 59.1 Å². The smallest absolute Gasteiger partial charge is 0.252 e. The summed E-state index contributed by atoms with van der Waals surface area (Å²) in [5.41, 5.74) is 1.20. The molecule has 1 aliphatic rings. The molecule has 8 heteroatoms. The maximum Gasteiger partial charge on any atom is 0.252 e. The van der Waals surface area contributed by atoms with Gasteiger partial charge in [-0.1, -0.05) is 29.8 Å². The van der Waals surface area contributed by atoms with Gasteiger partial charge in [-0.05, 0) is 49.6 Å². The number of nitrogens with zero attached hydrogens (tertiary/aromatic N) is 1. The van der Waals surface area contributed by atoms with E-state index < -0.39 is 10.0 Å². The second-order valence-electron chi connectivity index (χ2n) is 6.66. The summed E-state index contributed by atoms with van der Waals surface area (Å²) in [5, 5.41) is 6.31. The summed E-state index contributed by atoms with van der Waals surface area (Å²) in [4.78, 5) is 12.6. The van der Waals surface area contributed by atoms with Gasteiger partial charge >= 0.3 is 0 Å². The third kappa shape index (κ3) is 5.04. The molecule has 150 valence electrons. The zero-order valence-corrected chi connectivity index (χ0v) is 17.1. The number of nitrogens with one attached hydrogen (secondary N) is 2. The number of amides is 1. The van der Waals surface area contributed by atoms with Gasteiger partial charge in [0.05, 0.1) is 15.5 Å². The third-order valence-electron chi connectivity index (χ3n) is 4.63. The SMILES string of the molecule is O=C(NCCCNc1ccccc1)c1cc(S(=O)(=O)N2CCCC2)ccc1Cl. The molecule has 6 nitrogen and oxygen atoms in total. The van der Waals surface area contributed by atoms with E-state index in [1.54, 1.807) is 0 Å². The minimum atomic E-state index is -3.59. The highest BCUT2D eigenvalue weighted by molar-refractivity contribution is 7.89. The van der Waals surface area contributed by atoms with Crippen molar-refractivity contribution in [3.8, 4) is 0 Å². The molecule has 0 aliphatic carbocycles.